The largest absolute Gasteiger partial charge is 0.455 e. The number of anilines is 1. The Bertz CT molecular complexity index is 697. The van der Waals surface area contributed by atoms with Crippen LogP contribution in [-0.2, 0) is 19.1 Å². The normalized spacial score (nSPS) is 12.8. The van der Waals surface area contributed by atoms with Gasteiger partial charge in [0.05, 0.1) is 17.6 Å². The second kappa shape index (κ2) is 9.82. The molecule has 9 nitrogen and oxygen atoms in total. The first-order valence-corrected chi connectivity index (χ1v) is 9.00. The maximum absolute atomic E-state index is 11.8. The lowest BCUT2D eigenvalue weighted by molar-refractivity contribution is -0.146. The van der Waals surface area contributed by atoms with Crippen LogP contribution in [0.1, 0.15) is 26.5 Å². The van der Waals surface area contributed by atoms with Crippen LogP contribution >= 0.6 is 11.8 Å². The first-order chi connectivity index (χ1) is 12.2. The van der Waals surface area contributed by atoms with Crippen LogP contribution < -0.4 is 10.6 Å². The second-order valence-electron chi connectivity index (χ2n) is 6.04. The predicted molar refractivity (Wildman–Crippen MR) is 95.2 cm³/mol. The number of rotatable bonds is 9. The molecule has 2 amide bonds. The van der Waals surface area contributed by atoms with E-state index >= 15 is 0 Å². The zero-order valence-corrected chi connectivity index (χ0v) is 15.9. The van der Waals surface area contributed by atoms with Crippen LogP contribution in [-0.4, -0.2) is 46.6 Å². The minimum absolute atomic E-state index is 0.0209. The van der Waals surface area contributed by atoms with Crippen LogP contribution in [0.3, 0.4) is 0 Å². The maximum atomic E-state index is 11.8. The third-order valence-electron chi connectivity index (χ3n) is 3.50. The first kappa shape index (κ1) is 21.5. The van der Waals surface area contributed by atoms with Crippen molar-refractivity contribution in [2.24, 2.45) is 5.92 Å². The van der Waals surface area contributed by atoms with Crippen molar-refractivity contribution in [3.05, 3.63) is 11.8 Å². The summed E-state index contributed by atoms with van der Waals surface area (Å²) in [5.41, 5.74) is -1.03. The second-order valence-corrected chi connectivity index (χ2v) is 7.03. The number of nitrogens with one attached hydrogen (secondary N) is 2. The molecular formula is C16H22N4O5S. The SMILES string of the molecule is Cc1cc(NC(=O)CSCC(=O)OCC(=O)NC(C)(C#N)C(C)C)no1. The number of ether oxygens (including phenoxy) is 1. The summed E-state index contributed by atoms with van der Waals surface area (Å²) in [7, 11) is 0. The third kappa shape index (κ3) is 7.14. The third-order valence-corrected chi connectivity index (χ3v) is 4.40. The number of esters is 1. The van der Waals surface area contributed by atoms with Gasteiger partial charge in [-0.25, -0.2) is 0 Å². The Labute approximate surface area is 155 Å². The number of aryl methyl sites for hydroxylation is 1. The fraction of sp³-hybridized carbons (Fsp3) is 0.562. The lowest BCUT2D eigenvalue weighted by Gasteiger charge is -2.27. The number of nitriles is 1. The molecule has 10 heteroatoms. The smallest absolute Gasteiger partial charge is 0.316 e. The molecule has 0 aliphatic rings. The fourth-order valence-corrected chi connectivity index (χ4v) is 2.26. The van der Waals surface area contributed by atoms with Crippen molar-refractivity contribution in [3.63, 3.8) is 0 Å². The monoisotopic (exact) mass is 382 g/mol. The minimum Gasteiger partial charge on any atom is -0.455 e. The van der Waals surface area contributed by atoms with Crippen molar-refractivity contribution in [2.45, 2.75) is 33.2 Å². The van der Waals surface area contributed by atoms with Crippen molar-refractivity contribution in [3.8, 4) is 6.07 Å². The number of aromatic nitrogens is 1. The molecule has 2 N–H and O–H groups in total. The van der Waals surface area contributed by atoms with E-state index in [4.69, 9.17) is 14.5 Å². The molecule has 1 aromatic heterocycles. The van der Waals surface area contributed by atoms with Crippen LogP contribution in [0.15, 0.2) is 10.6 Å². The maximum Gasteiger partial charge on any atom is 0.316 e. The summed E-state index contributed by atoms with van der Waals surface area (Å²) in [4.78, 5) is 35.1. The average molecular weight is 382 g/mol. The van der Waals surface area contributed by atoms with Gasteiger partial charge in [0.25, 0.3) is 5.91 Å². The zero-order valence-electron chi connectivity index (χ0n) is 15.1. The lowest BCUT2D eigenvalue weighted by Crippen LogP contribution is -2.50. The van der Waals surface area contributed by atoms with E-state index in [2.05, 4.69) is 15.8 Å². The molecule has 1 unspecified atom stereocenters. The Hall–Kier alpha value is -2.54. The van der Waals surface area contributed by atoms with E-state index in [0.29, 0.717) is 11.6 Å². The number of nitrogens with zero attached hydrogens (tertiary/aromatic N) is 2. The van der Waals surface area contributed by atoms with Gasteiger partial charge in [0.15, 0.2) is 12.4 Å². The number of hydrogen-bond acceptors (Lipinski definition) is 8. The van der Waals surface area contributed by atoms with E-state index in [-0.39, 0.29) is 23.3 Å². The summed E-state index contributed by atoms with van der Waals surface area (Å²) < 4.78 is 9.65. The van der Waals surface area contributed by atoms with E-state index in [0.717, 1.165) is 11.8 Å². The van der Waals surface area contributed by atoms with Gasteiger partial charge in [-0.1, -0.05) is 19.0 Å². The molecule has 0 radical (unpaired) electrons. The highest BCUT2D eigenvalue weighted by atomic mass is 32.2. The molecule has 0 bridgehead atoms. The van der Waals surface area contributed by atoms with E-state index in [9.17, 15) is 14.4 Å². The fourth-order valence-electron chi connectivity index (χ4n) is 1.65. The van der Waals surface area contributed by atoms with Gasteiger partial charge in [-0.3, -0.25) is 14.4 Å². The summed E-state index contributed by atoms with van der Waals surface area (Å²) in [6.45, 7) is 6.43. The van der Waals surface area contributed by atoms with Gasteiger partial charge < -0.3 is 19.9 Å². The lowest BCUT2D eigenvalue weighted by atomic mass is 9.90. The van der Waals surface area contributed by atoms with E-state index in [1.54, 1.807) is 33.8 Å². The Morgan fingerprint density at radius 1 is 1.38 bits per heavy atom. The molecule has 0 saturated carbocycles. The summed E-state index contributed by atoms with van der Waals surface area (Å²) in [6, 6.07) is 3.60. The number of amides is 2. The van der Waals surface area contributed by atoms with Gasteiger partial charge in [0.2, 0.25) is 5.91 Å². The van der Waals surface area contributed by atoms with Crippen LogP contribution in [0.2, 0.25) is 0 Å². The van der Waals surface area contributed by atoms with Gasteiger partial charge in [-0.05, 0) is 19.8 Å². The quantitative estimate of drug-likeness (QED) is 0.609. The van der Waals surface area contributed by atoms with E-state index < -0.39 is 24.0 Å². The van der Waals surface area contributed by atoms with Crippen molar-refractivity contribution in [1.82, 2.24) is 10.5 Å². The molecule has 0 aliphatic carbocycles. The number of carbonyl (C=O) groups excluding carboxylic acids is 3. The number of thioether (sulfide) groups is 1. The topological polar surface area (TPSA) is 134 Å². The molecule has 1 rings (SSSR count). The Morgan fingerprint density at radius 3 is 2.62 bits per heavy atom. The molecular weight excluding hydrogens is 360 g/mol. The molecule has 0 aromatic carbocycles. The molecule has 1 atom stereocenters. The Morgan fingerprint density at radius 2 is 2.08 bits per heavy atom. The van der Waals surface area contributed by atoms with Gasteiger partial charge >= 0.3 is 5.97 Å². The average Bonchev–Trinajstić information content (AvgIpc) is 2.97. The predicted octanol–water partition coefficient (Wildman–Crippen LogP) is 1.25. The summed E-state index contributed by atoms with van der Waals surface area (Å²) in [5, 5.41) is 17.8. The van der Waals surface area contributed by atoms with E-state index in [1.807, 2.05) is 6.07 Å². The minimum atomic E-state index is -1.03. The molecule has 142 valence electrons. The van der Waals surface area contributed by atoms with Gasteiger partial charge in [0.1, 0.15) is 11.3 Å². The highest BCUT2D eigenvalue weighted by Gasteiger charge is 2.30. The summed E-state index contributed by atoms with van der Waals surface area (Å²) in [5.74, 6) is -0.813. The molecule has 1 aromatic rings. The Balaban J connectivity index is 2.25. The summed E-state index contributed by atoms with van der Waals surface area (Å²) in [6.07, 6.45) is 0. The van der Waals surface area contributed by atoms with Crippen LogP contribution in [0.25, 0.3) is 0 Å². The number of carbonyl (C=O) groups is 3. The highest BCUT2D eigenvalue weighted by Crippen LogP contribution is 2.14. The molecule has 26 heavy (non-hydrogen) atoms. The van der Waals surface area contributed by atoms with Crippen molar-refractivity contribution >= 4 is 35.4 Å². The standard InChI is InChI=1S/C16H22N4O5S/c1-10(2)16(4,9-17)19-13(21)6-24-15(23)8-26-7-14(22)18-12-5-11(3)25-20-12/h5,10H,6-8H2,1-4H3,(H,19,21)(H,18,20,22). The molecule has 0 fully saturated rings. The summed E-state index contributed by atoms with van der Waals surface area (Å²) >= 11 is 1.04. The molecule has 0 aliphatic heterocycles. The van der Waals surface area contributed by atoms with Gasteiger partial charge in [-0.15, -0.1) is 11.8 Å². The number of hydrogen-bond donors (Lipinski definition) is 2. The van der Waals surface area contributed by atoms with Crippen molar-refractivity contribution in [1.29, 1.82) is 5.26 Å². The van der Waals surface area contributed by atoms with Crippen LogP contribution in [0.4, 0.5) is 5.82 Å². The Kier molecular flexibility index (Phi) is 8.12. The molecule has 1 heterocycles. The zero-order chi connectivity index (χ0) is 19.7. The molecule has 0 spiro atoms. The van der Waals surface area contributed by atoms with Crippen LogP contribution in [0, 0.1) is 24.2 Å². The first-order valence-electron chi connectivity index (χ1n) is 7.85. The molecule has 0 saturated heterocycles. The van der Waals surface area contributed by atoms with Gasteiger partial charge in [0, 0.05) is 6.07 Å². The highest BCUT2D eigenvalue weighted by molar-refractivity contribution is 8.00. The van der Waals surface area contributed by atoms with Gasteiger partial charge in [-0.2, -0.15) is 5.26 Å². The van der Waals surface area contributed by atoms with Crippen LogP contribution in [0.5, 0.6) is 0 Å². The van der Waals surface area contributed by atoms with Crippen molar-refractivity contribution < 1.29 is 23.6 Å². The van der Waals surface area contributed by atoms with Crippen molar-refractivity contribution in [2.75, 3.05) is 23.4 Å². The van der Waals surface area contributed by atoms with E-state index in [1.165, 1.54) is 0 Å².